The van der Waals surface area contributed by atoms with E-state index in [1.54, 1.807) is 23.7 Å². The third kappa shape index (κ3) is 6.38. The highest BCUT2D eigenvalue weighted by molar-refractivity contribution is 7.13. The van der Waals surface area contributed by atoms with Crippen molar-refractivity contribution in [3.05, 3.63) is 39.9 Å². The van der Waals surface area contributed by atoms with Gasteiger partial charge in [-0.3, -0.25) is 14.9 Å². The van der Waals surface area contributed by atoms with E-state index in [9.17, 15) is 14.9 Å². The average Bonchev–Trinajstić information content (AvgIpc) is 3.07. The molecule has 1 aromatic heterocycles. The molecular formula is C16H22N4O4S. The van der Waals surface area contributed by atoms with Crippen molar-refractivity contribution in [2.75, 3.05) is 11.1 Å². The predicted octanol–water partition coefficient (Wildman–Crippen LogP) is 3.85. The molecule has 1 fully saturated rings. The van der Waals surface area contributed by atoms with Crippen molar-refractivity contribution in [1.29, 1.82) is 0 Å². The summed E-state index contributed by atoms with van der Waals surface area (Å²) in [6.45, 7) is 4.00. The van der Waals surface area contributed by atoms with Crippen LogP contribution >= 0.6 is 11.3 Å². The second-order valence-electron chi connectivity index (χ2n) is 4.72. The van der Waals surface area contributed by atoms with E-state index in [2.05, 4.69) is 10.3 Å². The Kier molecular flexibility index (Phi) is 8.94. The molecule has 0 radical (unpaired) electrons. The lowest BCUT2D eigenvalue weighted by Crippen LogP contribution is -2.25. The highest BCUT2D eigenvalue weighted by Gasteiger charge is 2.25. The summed E-state index contributed by atoms with van der Waals surface area (Å²) in [5.74, 6) is 0.282. The number of nitrogens with two attached hydrogens (primary N) is 1. The van der Waals surface area contributed by atoms with E-state index in [1.165, 1.54) is 17.4 Å². The van der Waals surface area contributed by atoms with E-state index in [0.29, 0.717) is 11.5 Å². The SMILES string of the molecule is CC.Nc1cccc(OC2CCC2)c1[N+](=O)[O-].O=CNc1nccs1. The van der Waals surface area contributed by atoms with E-state index in [0.717, 1.165) is 19.3 Å². The molecule has 1 saturated carbocycles. The van der Waals surface area contributed by atoms with Gasteiger partial charge in [0.05, 0.1) is 11.0 Å². The number of nitrogens with one attached hydrogen (secondary N) is 1. The van der Waals surface area contributed by atoms with E-state index >= 15 is 0 Å². The summed E-state index contributed by atoms with van der Waals surface area (Å²) in [4.78, 5) is 23.8. The van der Waals surface area contributed by atoms with Crippen LogP contribution in [0.15, 0.2) is 29.8 Å². The second kappa shape index (κ2) is 11.0. The zero-order valence-electron chi connectivity index (χ0n) is 14.2. The monoisotopic (exact) mass is 366 g/mol. The van der Waals surface area contributed by atoms with E-state index in [4.69, 9.17) is 10.5 Å². The van der Waals surface area contributed by atoms with Gasteiger partial charge >= 0.3 is 5.69 Å². The number of nitrogens with zero attached hydrogens (tertiary/aromatic N) is 2. The van der Waals surface area contributed by atoms with Crippen LogP contribution in [0.25, 0.3) is 0 Å². The molecule has 1 heterocycles. The maximum absolute atomic E-state index is 10.8. The molecule has 9 heteroatoms. The number of para-hydroxylation sites is 1. The van der Waals surface area contributed by atoms with Crippen molar-refractivity contribution < 1.29 is 14.5 Å². The van der Waals surface area contributed by atoms with Gasteiger partial charge in [0, 0.05) is 11.6 Å². The summed E-state index contributed by atoms with van der Waals surface area (Å²) in [6, 6.07) is 4.76. The Balaban J connectivity index is 0.000000264. The summed E-state index contributed by atoms with van der Waals surface area (Å²) in [5.41, 5.74) is 5.56. The summed E-state index contributed by atoms with van der Waals surface area (Å²) >= 11 is 1.39. The first-order valence-corrected chi connectivity index (χ1v) is 8.79. The van der Waals surface area contributed by atoms with Gasteiger partial charge < -0.3 is 15.8 Å². The molecule has 2 aromatic rings. The minimum absolute atomic E-state index is 0.116. The molecular weight excluding hydrogens is 344 g/mol. The minimum Gasteiger partial charge on any atom is -0.483 e. The first-order valence-electron chi connectivity index (χ1n) is 7.91. The van der Waals surface area contributed by atoms with Crippen LogP contribution in [0.4, 0.5) is 16.5 Å². The number of hydrogen-bond acceptors (Lipinski definition) is 7. The van der Waals surface area contributed by atoms with Crippen LogP contribution < -0.4 is 15.8 Å². The van der Waals surface area contributed by atoms with Crippen LogP contribution in [0, 0.1) is 10.1 Å². The maximum Gasteiger partial charge on any atom is 0.333 e. The molecule has 0 spiro atoms. The van der Waals surface area contributed by atoms with Crippen molar-refractivity contribution in [3.8, 4) is 5.75 Å². The van der Waals surface area contributed by atoms with Crippen LogP contribution in [0.2, 0.25) is 0 Å². The van der Waals surface area contributed by atoms with Crippen molar-refractivity contribution in [3.63, 3.8) is 0 Å². The number of benzene rings is 1. The van der Waals surface area contributed by atoms with Crippen LogP contribution in [-0.2, 0) is 4.79 Å². The first-order chi connectivity index (χ1) is 12.1. The fourth-order valence-electron chi connectivity index (χ4n) is 1.84. The third-order valence-electron chi connectivity index (χ3n) is 3.17. The van der Waals surface area contributed by atoms with Gasteiger partial charge in [-0.1, -0.05) is 19.9 Å². The van der Waals surface area contributed by atoms with Gasteiger partial charge in [-0.25, -0.2) is 4.98 Å². The summed E-state index contributed by atoms with van der Waals surface area (Å²) in [7, 11) is 0. The van der Waals surface area contributed by atoms with E-state index < -0.39 is 4.92 Å². The molecule has 0 bridgehead atoms. The Morgan fingerprint density at radius 3 is 2.64 bits per heavy atom. The van der Waals surface area contributed by atoms with Crippen molar-refractivity contribution in [2.24, 2.45) is 0 Å². The lowest BCUT2D eigenvalue weighted by molar-refractivity contribution is -0.385. The molecule has 0 aliphatic heterocycles. The van der Waals surface area contributed by atoms with Crippen LogP contribution in [0.1, 0.15) is 33.1 Å². The molecule has 1 aliphatic rings. The van der Waals surface area contributed by atoms with E-state index in [-0.39, 0.29) is 23.2 Å². The molecule has 0 atom stereocenters. The van der Waals surface area contributed by atoms with Crippen LogP contribution in [0.5, 0.6) is 5.75 Å². The third-order valence-corrected chi connectivity index (χ3v) is 3.88. The van der Waals surface area contributed by atoms with Crippen molar-refractivity contribution >= 4 is 34.3 Å². The molecule has 1 aromatic carbocycles. The van der Waals surface area contributed by atoms with E-state index in [1.807, 2.05) is 13.8 Å². The number of anilines is 2. The molecule has 1 amide bonds. The number of carbonyl (C=O) groups is 1. The number of aromatic nitrogens is 1. The average molecular weight is 366 g/mol. The zero-order chi connectivity index (χ0) is 18.7. The molecule has 3 N–H and O–H groups in total. The normalized spacial score (nSPS) is 12.4. The van der Waals surface area contributed by atoms with Gasteiger partial charge in [-0.2, -0.15) is 0 Å². The quantitative estimate of drug-likeness (QED) is 0.359. The van der Waals surface area contributed by atoms with Crippen LogP contribution in [-0.4, -0.2) is 22.4 Å². The number of hydrogen-bond donors (Lipinski definition) is 2. The molecule has 0 saturated heterocycles. The lowest BCUT2D eigenvalue weighted by atomic mass is 9.96. The Morgan fingerprint density at radius 2 is 2.16 bits per heavy atom. The molecule has 1 aliphatic carbocycles. The smallest absolute Gasteiger partial charge is 0.333 e. The number of nitrogen functional groups attached to an aromatic ring is 1. The summed E-state index contributed by atoms with van der Waals surface area (Å²) < 4.78 is 5.50. The predicted molar refractivity (Wildman–Crippen MR) is 98.9 cm³/mol. The van der Waals surface area contributed by atoms with Crippen molar-refractivity contribution in [1.82, 2.24) is 4.98 Å². The minimum atomic E-state index is -0.497. The summed E-state index contributed by atoms with van der Waals surface area (Å²) in [6.07, 6.45) is 5.42. The van der Waals surface area contributed by atoms with Crippen molar-refractivity contribution in [2.45, 2.75) is 39.2 Å². The number of ether oxygens (including phenoxy) is 1. The number of rotatable bonds is 5. The number of nitro benzene ring substituents is 1. The fraction of sp³-hybridized carbons (Fsp3) is 0.375. The fourth-order valence-corrected chi connectivity index (χ4v) is 2.33. The molecule has 136 valence electrons. The molecule has 25 heavy (non-hydrogen) atoms. The van der Waals surface area contributed by atoms with Crippen LogP contribution in [0.3, 0.4) is 0 Å². The van der Waals surface area contributed by atoms with Gasteiger partial charge in [0.15, 0.2) is 10.9 Å². The first kappa shape index (κ1) is 20.4. The number of carbonyl (C=O) groups excluding carboxylic acids is 1. The number of nitro groups is 1. The highest BCUT2D eigenvalue weighted by Crippen LogP contribution is 2.35. The highest BCUT2D eigenvalue weighted by atomic mass is 32.1. The Labute approximate surface area is 150 Å². The number of amides is 1. The largest absolute Gasteiger partial charge is 0.483 e. The second-order valence-corrected chi connectivity index (χ2v) is 5.62. The van der Waals surface area contributed by atoms with Gasteiger partial charge in [-0.05, 0) is 31.4 Å². The van der Waals surface area contributed by atoms with Gasteiger partial charge in [0.25, 0.3) is 0 Å². The number of thiazole rings is 1. The standard InChI is InChI=1S/C10H12N2O3.C4H4N2OS.C2H6/c11-8-5-2-6-9(10(8)12(13)14)15-7-3-1-4-7;7-3-6-4-5-1-2-8-4;1-2/h2,5-7H,1,3-4,11H2;1-3H,(H,5,6,7);1-2H3. The Hall–Kier alpha value is -2.68. The molecule has 3 rings (SSSR count). The topological polar surface area (TPSA) is 120 Å². The van der Waals surface area contributed by atoms with Gasteiger partial charge in [-0.15, -0.1) is 11.3 Å². The zero-order valence-corrected chi connectivity index (χ0v) is 15.0. The maximum atomic E-state index is 10.8. The van der Waals surface area contributed by atoms with Gasteiger partial charge in [0.1, 0.15) is 5.69 Å². The molecule has 8 nitrogen and oxygen atoms in total. The summed E-state index contributed by atoms with van der Waals surface area (Å²) in [5, 5.41) is 15.6. The lowest BCUT2D eigenvalue weighted by Gasteiger charge is -2.26. The van der Waals surface area contributed by atoms with Gasteiger partial charge in [0.2, 0.25) is 6.41 Å². The Morgan fingerprint density at radius 1 is 1.44 bits per heavy atom. The Bertz CT molecular complexity index is 660. The molecule has 0 unspecified atom stereocenters.